The van der Waals surface area contributed by atoms with E-state index in [1.54, 1.807) is 30.3 Å². The molecule has 0 aliphatic rings. The van der Waals surface area contributed by atoms with Crippen LogP contribution in [0.3, 0.4) is 0 Å². The average molecular weight is 265 g/mol. The predicted molar refractivity (Wildman–Crippen MR) is 65.9 cm³/mol. The van der Waals surface area contributed by atoms with Gasteiger partial charge in [-0.3, -0.25) is 4.79 Å². The van der Waals surface area contributed by atoms with Gasteiger partial charge in [0.15, 0.2) is 12.0 Å². The normalized spacial score (nSPS) is 10.1. The molecule has 0 unspecified atom stereocenters. The fraction of sp³-hybridized carbons (Fsp3) is 0.0769. The summed E-state index contributed by atoms with van der Waals surface area (Å²) in [5.74, 6) is 0.183. The number of aldehydes is 1. The van der Waals surface area contributed by atoms with Gasteiger partial charge in [-0.25, -0.2) is 4.79 Å². The molecule has 0 spiro atoms. The van der Waals surface area contributed by atoms with E-state index in [0.29, 0.717) is 22.6 Å². The molecule has 0 aliphatic carbocycles. The second-order valence-corrected chi connectivity index (χ2v) is 3.91. The number of furan rings is 1. The second kappa shape index (κ2) is 5.06. The van der Waals surface area contributed by atoms with Crippen molar-refractivity contribution in [1.29, 1.82) is 0 Å². The van der Waals surface area contributed by atoms with Crippen molar-refractivity contribution in [3.63, 3.8) is 0 Å². The van der Waals surface area contributed by atoms with Crippen molar-refractivity contribution in [2.24, 2.45) is 0 Å². The van der Waals surface area contributed by atoms with Crippen molar-refractivity contribution in [3.05, 3.63) is 46.7 Å². The summed E-state index contributed by atoms with van der Waals surface area (Å²) in [4.78, 5) is 22.0. The van der Waals surface area contributed by atoms with Crippen LogP contribution in [0.2, 0.25) is 5.02 Å². The van der Waals surface area contributed by atoms with E-state index in [9.17, 15) is 9.59 Å². The fourth-order valence-corrected chi connectivity index (χ4v) is 1.71. The minimum Gasteiger partial charge on any atom is -0.465 e. The van der Waals surface area contributed by atoms with Crippen LogP contribution in [0.25, 0.3) is 11.3 Å². The van der Waals surface area contributed by atoms with Crippen molar-refractivity contribution in [1.82, 2.24) is 0 Å². The van der Waals surface area contributed by atoms with Gasteiger partial charge in [0.2, 0.25) is 0 Å². The van der Waals surface area contributed by atoms with Gasteiger partial charge in [0.1, 0.15) is 5.76 Å². The van der Waals surface area contributed by atoms with Crippen molar-refractivity contribution < 1.29 is 18.7 Å². The third-order valence-electron chi connectivity index (χ3n) is 2.40. The highest BCUT2D eigenvalue weighted by atomic mass is 35.5. The molecule has 0 aliphatic heterocycles. The maximum absolute atomic E-state index is 11.5. The summed E-state index contributed by atoms with van der Waals surface area (Å²) in [5, 5.41) is 0.299. The highest BCUT2D eigenvalue weighted by molar-refractivity contribution is 6.33. The van der Waals surface area contributed by atoms with Gasteiger partial charge in [0.05, 0.1) is 17.7 Å². The Morgan fingerprint density at radius 2 is 2.11 bits per heavy atom. The molecule has 1 aromatic heterocycles. The zero-order chi connectivity index (χ0) is 13.1. The average Bonchev–Trinajstić information content (AvgIpc) is 2.87. The maximum Gasteiger partial charge on any atom is 0.339 e. The zero-order valence-corrected chi connectivity index (χ0v) is 10.2. The van der Waals surface area contributed by atoms with Crippen molar-refractivity contribution in [3.8, 4) is 11.3 Å². The minimum atomic E-state index is -0.524. The smallest absolute Gasteiger partial charge is 0.339 e. The molecule has 92 valence electrons. The lowest BCUT2D eigenvalue weighted by molar-refractivity contribution is 0.0601. The Balaban J connectivity index is 2.46. The minimum absolute atomic E-state index is 0.222. The molecule has 1 aromatic carbocycles. The Labute approximate surface area is 108 Å². The molecule has 18 heavy (non-hydrogen) atoms. The Morgan fingerprint density at radius 1 is 1.33 bits per heavy atom. The van der Waals surface area contributed by atoms with E-state index in [1.165, 1.54) is 7.11 Å². The summed E-state index contributed by atoms with van der Waals surface area (Å²) < 4.78 is 9.89. The Bertz CT molecular complexity index is 601. The van der Waals surface area contributed by atoms with Crippen molar-refractivity contribution in [2.45, 2.75) is 0 Å². The molecule has 0 atom stereocenters. The number of methoxy groups -OCH3 is 1. The first-order valence-electron chi connectivity index (χ1n) is 5.09. The molecule has 1 heterocycles. The lowest BCUT2D eigenvalue weighted by atomic mass is 10.1. The number of ether oxygens (including phenoxy) is 1. The van der Waals surface area contributed by atoms with Crippen LogP contribution in [-0.4, -0.2) is 19.4 Å². The van der Waals surface area contributed by atoms with Gasteiger partial charge in [0, 0.05) is 5.56 Å². The van der Waals surface area contributed by atoms with E-state index in [4.69, 9.17) is 16.0 Å². The van der Waals surface area contributed by atoms with Crippen LogP contribution in [0.1, 0.15) is 20.9 Å². The van der Waals surface area contributed by atoms with Crippen LogP contribution in [0, 0.1) is 0 Å². The molecule has 4 nitrogen and oxygen atoms in total. The summed E-state index contributed by atoms with van der Waals surface area (Å²) in [7, 11) is 1.28. The summed E-state index contributed by atoms with van der Waals surface area (Å²) in [6.45, 7) is 0. The van der Waals surface area contributed by atoms with Gasteiger partial charge < -0.3 is 9.15 Å². The van der Waals surface area contributed by atoms with E-state index in [-0.39, 0.29) is 11.3 Å². The SMILES string of the molecule is COC(=O)c1cc(-c2ccc(C=O)o2)ccc1Cl. The Kier molecular flexibility index (Phi) is 3.48. The molecule has 0 amide bonds. The topological polar surface area (TPSA) is 56.5 Å². The number of carbonyl (C=O) groups is 2. The van der Waals surface area contributed by atoms with E-state index in [2.05, 4.69) is 4.74 Å². The van der Waals surface area contributed by atoms with Crippen LogP contribution in [0.5, 0.6) is 0 Å². The van der Waals surface area contributed by atoms with Crippen molar-refractivity contribution in [2.75, 3.05) is 7.11 Å². The molecule has 0 bridgehead atoms. The molecule has 2 rings (SSSR count). The number of hydrogen-bond donors (Lipinski definition) is 0. The predicted octanol–water partition coefficient (Wildman–Crippen LogP) is 3.20. The molecule has 0 saturated carbocycles. The summed E-state index contributed by atoms with van der Waals surface area (Å²) in [6.07, 6.45) is 0.612. The third kappa shape index (κ3) is 2.28. The molecule has 0 fully saturated rings. The molecule has 5 heteroatoms. The molecular formula is C13H9ClO4. The van der Waals surface area contributed by atoms with Crippen LogP contribution in [-0.2, 0) is 4.74 Å². The van der Waals surface area contributed by atoms with Crippen molar-refractivity contribution >= 4 is 23.9 Å². The summed E-state index contributed by atoms with van der Waals surface area (Å²) >= 11 is 5.90. The Morgan fingerprint density at radius 3 is 2.72 bits per heavy atom. The van der Waals surface area contributed by atoms with E-state index in [1.807, 2.05) is 0 Å². The Hall–Kier alpha value is -2.07. The fourth-order valence-electron chi connectivity index (χ4n) is 1.52. The lowest BCUT2D eigenvalue weighted by Gasteiger charge is -2.04. The van der Waals surface area contributed by atoms with Gasteiger partial charge in [-0.2, -0.15) is 0 Å². The number of hydrogen-bond acceptors (Lipinski definition) is 4. The number of carbonyl (C=O) groups excluding carboxylic acids is 2. The zero-order valence-electron chi connectivity index (χ0n) is 9.48. The quantitative estimate of drug-likeness (QED) is 0.631. The highest BCUT2D eigenvalue weighted by Crippen LogP contribution is 2.26. The standard InChI is InChI=1S/C13H9ClO4/c1-17-13(16)10-6-8(2-4-11(10)14)12-5-3-9(7-15)18-12/h2-7H,1H3. The lowest BCUT2D eigenvalue weighted by Crippen LogP contribution is -2.02. The van der Waals surface area contributed by atoms with Gasteiger partial charge in [-0.15, -0.1) is 0 Å². The third-order valence-corrected chi connectivity index (χ3v) is 2.73. The highest BCUT2D eigenvalue weighted by Gasteiger charge is 2.13. The van der Waals surface area contributed by atoms with Gasteiger partial charge in [-0.05, 0) is 30.3 Å². The maximum atomic E-state index is 11.5. The number of halogens is 1. The number of esters is 1. The van der Waals surface area contributed by atoms with Gasteiger partial charge in [-0.1, -0.05) is 11.6 Å². The summed E-state index contributed by atoms with van der Waals surface area (Å²) in [6, 6.07) is 8.03. The van der Waals surface area contributed by atoms with E-state index < -0.39 is 5.97 Å². The largest absolute Gasteiger partial charge is 0.465 e. The molecule has 0 radical (unpaired) electrons. The number of benzene rings is 1. The van der Waals surface area contributed by atoms with Gasteiger partial charge in [0.25, 0.3) is 0 Å². The first kappa shape index (κ1) is 12.4. The first-order chi connectivity index (χ1) is 8.65. The second-order valence-electron chi connectivity index (χ2n) is 3.51. The van der Waals surface area contributed by atoms with E-state index >= 15 is 0 Å². The van der Waals surface area contributed by atoms with Gasteiger partial charge >= 0.3 is 5.97 Å². The first-order valence-corrected chi connectivity index (χ1v) is 5.46. The van der Waals surface area contributed by atoms with Crippen LogP contribution >= 0.6 is 11.6 Å². The van der Waals surface area contributed by atoms with Crippen LogP contribution in [0.4, 0.5) is 0 Å². The monoisotopic (exact) mass is 264 g/mol. The summed E-state index contributed by atoms with van der Waals surface area (Å²) in [5.41, 5.74) is 0.897. The van der Waals surface area contributed by atoms with Crippen LogP contribution < -0.4 is 0 Å². The molecule has 0 N–H and O–H groups in total. The molecule has 2 aromatic rings. The number of rotatable bonds is 3. The van der Waals surface area contributed by atoms with E-state index in [0.717, 1.165) is 0 Å². The van der Waals surface area contributed by atoms with Crippen LogP contribution in [0.15, 0.2) is 34.7 Å². The molecule has 0 saturated heterocycles. The molecular weight excluding hydrogens is 256 g/mol.